The Bertz CT molecular complexity index is 837. The van der Waals surface area contributed by atoms with Gasteiger partial charge in [-0.3, -0.25) is 0 Å². The van der Waals surface area contributed by atoms with Crippen LogP contribution in [0.5, 0.6) is 0 Å². The van der Waals surface area contributed by atoms with Crippen LogP contribution in [0.1, 0.15) is 22.5 Å². The summed E-state index contributed by atoms with van der Waals surface area (Å²) in [6.07, 6.45) is 0.333. The Kier molecular flexibility index (Phi) is 3.45. The van der Waals surface area contributed by atoms with E-state index in [4.69, 9.17) is 5.26 Å². The van der Waals surface area contributed by atoms with Gasteiger partial charge in [0.1, 0.15) is 5.82 Å². The quantitative estimate of drug-likeness (QED) is 0.730. The summed E-state index contributed by atoms with van der Waals surface area (Å²) in [6.45, 7) is 4.93. The molecule has 0 amide bonds. The van der Waals surface area contributed by atoms with E-state index in [9.17, 15) is 0 Å². The predicted molar refractivity (Wildman–Crippen MR) is 84.1 cm³/mol. The number of hydrogen-bond acceptors (Lipinski definition) is 2. The highest BCUT2D eigenvalue weighted by atomic mass is 15.1. The van der Waals surface area contributed by atoms with Crippen LogP contribution in [0.2, 0.25) is 0 Å². The molecule has 0 aliphatic rings. The first-order valence-electron chi connectivity index (χ1n) is 7.06. The summed E-state index contributed by atoms with van der Waals surface area (Å²) >= 11 is 0. The normalized spacial score (nSPS) is 10.7. The van der Waals surface area contributed by atoms with Gasteiger partial charge in [0, 0.05) is 6.54 Å². The summed E-state index contributed by atoms with van der Waals surface area (Å²) in [7, 11) is 0. The van der Waals surface area contributed by atoms with Crippen molar-refractivity contribution in [3.8, 4) is 6.07 Å². The average molecular weight is 275 g/mol. The molecule has 0 saturated carbocycles. The van der Waals surface area contributed by atoms with Gasteiger partial charge in [0.05, 0.1) is 23.5 Å². The van der Waals surface area contributed by atoms with Gasteiger partial charge in [0.2, 0.25) is 0 Å². The standard InChI is InChI=1S/C18H17N3/c1-13-7-8-17-16(11-13)20-18(9-10-19)21(17)12-15-6-4-3-5-14(15)2/h3-8,11H,9,12H2,1-2H3. The molecular weight excluding hydrogens is 258 g/mol. The maximum Gasteiger partial charge on any atom is 0.124 e. The van der Waals surface area contributed by atoms with E-state index in [1.54, 1.807) is 0 Å². The first-order valence-corrected chi connectivity index (χ1v) is 7.06. The fraction of sp³-hybridized carbons (Fsp3) is 0.222. The molecule has 2 aromatic carbocycles. The van der Waals surface area contributed by atoms with Crippen molar-refractivity contribution >= 4 is 11.0 Å². The zero-order chi connectivity index (χ0) is 14.8. The summed E-state index contributed by atoms with van der Waals surface area (Å²) in [5.74, 6) is 0.835. The van der Waals surface area contributed by atoms with Gasteiger partial charge in [-0.2, -0.15) is 5.26 Å². The van der Waals surface area contributed by atoms with Crippen LogP contribution >= 0.6 is 0 Å². The first kappa shape index (κ1) is 13.4. The average Bonchev–Trinajstić information content (AvgIpc) is 2.79. The van der Waals surface area contributed by atoms with Gasteiger partial charge in [0.15, 0.2) is 0 Å². The van der Waals surface area contributed by atoms with Gasteiger partial charge in [-0.25, -0.2) is 4.98 Å². The number of benzene rings is 2. The van der Waals surface area contributed by atoms with E-state index in [0.29, 0.717) is 6.42 Å². The molecule has 0 aliphatic heterocycles. The lowest BCUT2D eigenvalue weighted by Crippen LogP contribution is -2.06. The van der Waals surface area contributed by atoms with Crippen LogP contribution in [-0.2, 0) is 13.0 Å². The van der Waals surface area contributed by atoms with Crippen molar-refractivity contribution in [1.82, 2.24) is 9.55 Å². The zero-order valence-corrected chi connectivity index (χ0v) is 12.3. The van der Waals surface area contributed by atoms with Crippen molar-refractivity contribution in [3.63, 3.8) is 0 Å². The minimum Gasteiger partial charge on any atom is -0.323 e. The smallest absolute Gasteiger partial charge is 0.124 e. The van der Waals surface area contributed by atoms with E-state index in [0.717, 1.165) is 23.4 Å². The SMILES string of the molecule is Cc1ccc2c(c1)nc(CC#N)n2Cc1ccccc1C. The van der Waals surface area contributed by atoms with Crippen molar-refractivity contribution in [2.45, 2.75) is 26.8 Å². The molecule has 0 bridgehead atoms. The predicted octanol–water partition coefficient (Wildman–Crippen LogP) is 3.77. The highest BCUT2D eigenvalue weighted by molar-refractivity contribution is 5.77. The Hall–Kier alpha value is -2.60. The van der Waals surface area contributed by atoms with Crippen molar-refractivity contribution in [2.24, 2.45) is 0 Å². The molecule has 3 aromatic rings. The van der Waals surface area contributed by atoms with Gasteiger partial charge in [0.25, 0.3) is 0 Å². The van der Waals surface area contributed by atoms with E-state index < -0.39 is 0 Å². The molecule has 0 unspecified atom stereocenters. The molecule has 1 aromatic heterocycles. The largest absolute Gasteiger partial charge is 0.323 e. The number of imidazole rings is 1. The van der Waals surface area contributed by atoms with E-state index >= 15 is 0 Å². The Balaban J connectivity index is 2.14. The molecule has 0 atom stereocenters. The molecule has 0 fully saturated rings. The lowest BCUT2D eigenvalue weighted by molar-refractivity contribution is 0.765. The number of aromatic nitrogens is 2. The maximum atomic E-state index is 9.04. The molecule has 3 rings (SSSR count). The molecule has 0 radical (unpaired) electrons. The van der Waals surface area contributed by atoms with Crippen LogP contribution in [0.3, 0.4) is 0 Å². The third-order valence-electron chi connectivity index (χ3n) is 3.81. The fourth-order valence-electron chi connectivity index (χ4n) is 2.63. The topological polar surface area (TPSA) is 41.6 Å². The van der Waals surface area contributed by atoms with Gasteiger partial charge in [-0.05, 0) is 42.7 Å². The first-order chi connectivity index (χ1) is 10.2. The molecule has 3 heteroatoms. The Morgan fingerprint density at radius 1 is 1.14 bits per heavy atom. The molecule has 1 heterocycles. The number of rotatable bonds is 3. The monoisotopic (exact) mass is 275 g/mol. The van der Waals surface area contributed by atoms with Crippen LogP contribution in [0.15, 0.2) is 42.5 Å². The number of fused-ring (bicyclic) bond motifs is 1. The Morgan fingerprint density at radius 2 is 1.95 bits per heavy atom. The second-order valence-corrected chi connectivity index (χ2v) is 5.37. The molecule has 0 N–H and O–H groups in total. The highest BCUT2D eigenvalue weighted by Gasteiger charge is 2.11. The van der Waals surface area contributed by atoms with Gasteiger partial charge in [-0.15, -0.1) is 0 Å². The number of nitriles is 1. The molecule has 3 nitrogen and oxygen atoms in total. The van der Waals surface area contributed by atoms with E-state index in [-0.39, 0.29) is 0 Å². The van der Waals surface area contributed by atoms with Crippen LogP contribution in [0, 0.1) is 25.2 Å². The summed E-state index contributed by atoms with van der Waals surface area (Å²) in [6, 6.07) is 16.8. The summed E-state index contributed by atoms with van der Waals surface area (Å²) in [4.78, 5) is 4.63. The molecule has 0 saturated heterocycles. The molecule has 21 heavy (non-hydrogen) atoms. The fourth-order valence-corrected chi connectivity index (χ4v) is 2.63. The van der Waals surface area contributed by atoms with Crippen molar-refractivity contribution in [1.29, 1.82) is 5.26 Å². The van der Waals surface area contributed by atoms with E-state index in [1.807, 2.05) is 6.07 Å². The lowest BCUT2D eigenvalue weighted by Gasteiger charge is -2.10. The molecule has 104 valence electrons. The molecule has 0 aliphatic carbocycles. The lowest BCUT2D eigenvalue weighted by atomic mass is 10.1. The van der Waals surface area contributed by atoms with Crippen LogP contribution in [-0.4, -0.2) is 9.55 Å². The van der Waals surface area contributed by atoms with Crippen molar-refractivity contribution in [2.75, 3.05) is 0 Å². The summed E-state index contributed by atoms with van der Waals surface area (Å²) < 4.78 is 2.15. The van der Waals surface area contributed by atoms with Crippen LogP contribution in [0.4, 0.5) is 0 Å². The third-order valence-corrected chi connectivity index (χ3v) is 3.81. The van der Waals surface area contributed by atoms with Gasteiger partial charge in [-0.1, -0.05) is 30.3 Å². The van der Waals surface area contributed by atoms with Crippen LogP contribution in [0.25, 0.3) is 11.0 Å². The zero-order valence-electron chi connectivity index (χ0n) is 12.3. The minimum absolute atomic E-state index is 0.333. The van der Waals surface area contributed by atoms with Crippen LogP contribution < -0.4 is 0 Å². The number of nitrogens with zero attached hydrogens (tertiary/aromatic N) is 3. The van der Waals surface area contributed by atoms with Crippen molar-refractivity contribution in [3.05, 3.63) is 65.0 Å². The Morgan fingerprint density at radius 3 is 2.71 bits per heavy atom. The summed E-state index contributed by atoms with van der Waals surface area (Å²) in [5, 5.41) is 9.04. The second kappa shape index (κ2) is 5.41. The molecule has 0 spiro atoms. The number of hydrogen-bond donors (Lipinski definition) is 0. The van der Waals surface area contributed by atoms with Gasteiger partial charge >= 0.3 is 0 Å². The Labute approximate surface area is 124 Å². The molecular formula is C18H17N3. The van der Waals surface area contributed by atoms with Gasteiger partial charge < -0.3 is 4.57 Å². The maximum absolute atomic E-state index is 9.04. The minimum atomic E-state index is 0.333. The third kappa shape index (κ3) is 2.53. The highest BCUT2D eigenvalue weighted by Crippen LogP contribution is 2.21. The van der Waals surface area contributed by atoms with E-state index in [2.05, 4.69) is 65.9 Å². The summed E-state index contributed by atoms with van der Waals surface area (Å²) in [5.41, 5.74) is 5.76. The van der Waals surface area contributed by atoms with Crippen molar-refractivity contribution < 1.29 is 0 Å². The van der Waals surface area contributed by atoms with E-state index in [1.165, 1.54) is 16.7 Å². The number of aryl methyl sites for hydroxylation is 2. The second-order valence-electron chi connectivity index (χ2n) is 5.37.